The molecule has 1 N–H and O–H groups in total. The monoisotopic (exact) mass is 391 g/mol. The molecule has 1 aromatic heterocycles. The fourth-order valence-electron chi connectivity index (χ4n) is 3.62. The van der Waals surface area contributed by atoms with Crippen molar-refractivity contribution in [3.8, 4) is 6.07 Å². The summed E-state index contributed by atoms with van der Waals surface area (Å²) in [4.78, 5) is 17.2. The van der Waals surface area contributed by atoms with Crippen LogP contribution in [0.3, 0.4) is 0 Å². The van der Waals surface area contributed by atoms with E-state index in [1.807, 2.05) is 0 Å². The molecule has 2 heterocycles. The van der Waals surface area contributed by atoms with Crippen LogP contribution in [0.1, 0.15) is 18.4 Å². The van der Waals surface area contributed by atoms with Gasteiger partial charge in [0.1, 0.15) is 11.6 Å². The normalized spacial score (nSPS) is 14.6. The molecule has 1 saturated heterocycles. The van der Waals surface area contributed by atoms with Crippen molar-refractivity contribution in [3.05, 3.63) is 70.0 Å². The number of benzene rings is 2. The number of hydrogen-bond acceptors (Lipinski definition) is 6. The van der Waals surface area contributed by atoms with Crippen molar-refractivity contribution in [2.45, 2.75) is 18.9 Å². The summed E-state index contributed by atoms with van der Waals surface area (Å²) in [5.74, 6) is 0.408. The molecule has 7 nitrogen and oxygen atoms in total. The van der Waals surface area contributed by atoms with Crippen molar-refractivity contribution >= 4 is 28.1 Å². The van der Waals surface area contributed by atoms with Gasteiger partial charge in [-0.3, -0.25) is 10.1 Å². The third-order valence-corrected chi connectivity index (χ3v) is 5.16. The van der Waals surface area contributed by atoms with Crippen LogP contribution in [0.2, 0.25) is 0 Å². The summed E-state index contributed by atoms with van der Waals surface area (Å²) in [6.45, 7) is 1.42. The number of fused-ring (bicyclic) bond motifs is 1. The minimum Gasteiger partial charge on any atom is -0.380 e. The molecule has 8 heteroatoms. The fraction of sp³-hybridized carbons (Fsp3) is 0.238. The standard InChI is InChI=1S/C21H18FN5O2/c22-18-3-1-2-4-20(18)24-15-7-9-26(10-8-15)21-11-14(13-23)17-12-16(27(28)29)5-6-19(17)25-21/h1-6,11-12,15,24H,7-10H2. The van der Waals surface area contributed by atoms with Gasteiger partial charge in [-0.05, 0) is 37.1 Å². The van der Waals surface area contributed by atoms with Gasteiger partial charge in [0.15, 0.2) is 0 Å². The molecule has 1 aliphatic heterocycles. The minimum atomic E-state index is -0.484. The molecule has 0 saturated carbocycles. The van der Waals surface area contributed by atoms with Crippen molar-refractivity contribution in [2.24, 2.45) is 0 Å². The van der Waals surface area contributed by atoms with Crippen LogP contribution in [0.4, 0.5) is 21.6 Å². The van der Waals surface area contributed by atoms with E-state index in [0.29, 0.717) is 41.1 Å². The topological polar surface area (TPSA) is 95.1 Å². The Balaban J connectivity index is 1.52. The molecule has 1 fully saturated rings. The molecule has 0 bridgehead atoms. The maximum Gasteiger partial charge on any atom is 0.270 e. The average molecular weight is 391 g/mol. The first-order valence-electron chi connectivity index (χ1n) is 9.30. The van der Waals surface area contributed by atoms with Crippen LogP contribution in [0, 0.1) is 27.3 Å². The van der Waals surface area contributed by atoms with Crippen LogP contribution in [0.15, 0.2) is 48.5 Å². The highest BCUT2D eigenvalue weighted by Gasteiger charge is 2.22. The molecule has 146 valence electrons. The quantitative estimate of drug-likeness (QED) is 0.528. The number of nitrogens with one attached hydrogen (secondary N) is 1. The fourth-order valence-corrected chi connectivity index (χ4v) is 3.62. The molecule has 4 rings (SSSR count). The Morgan fingerprint density at radius 3 is 2.66 bits per heavy atom. The number of hydrogen-bond donors (Lipinski definition) is 1. The second kappa shape index (κ2) is 7.72. The Kier molecular flexibility index (Phi) is 4.96. The zero-order chi connectivity index (χ0) is 20.4. The first-order valence-corrected chi connectivity index (χ1v) is 9.30. The van der Waals surface area contributed by atoms with Gasteiger partial charge in [0.05, 0.1) is 27.8 Å². The highest BCUT2D eigenvalue weighted by Crippen LogP contribution is 2.28. The highest BCUT2D eigenvalue weighted by atomic mass is 19.1. The lowest BCUT2D eigenvalue weighted by Crippen LogP contribution is -2.39. The van der Waals surface area contributed by atoms with E-state index in [-0.39, 0.29) is 17.5 Å². The molecule has 0 spiro atoms. The van der Waals surface area contributed by atoms with E-state index in [1.54, 1.807) is 30.3 Å². The highest BCUT2D eigenvalue weighted by molar-refractivity contribution is 5.88. The lowest BCUT2D eigenvalue weighted by Gasteiger charge is -2.34. The molecule has 0 atom stereocenters. The van der Waals surface area contributed by atoms with E-state index in [2.05, 4.69) is 21.3 Å². The van der Waals surface area contributed by atoms with Crippen molar-refractivity contribution in [1.29, 1.82) is 5.26 Å². The van der Waals surface area contributed by atoms with Crippen LogP contribution >= 0.6 is 0 Å². The Labute approximate surface area is 166 Å². The summed E-state index contributed by atoms with van der Waals surface area (Å²) >= 11 is 0. The summed E-state index contributed by atoms with van der Waals surface area (Å²) in [6.07, 6.45) is 1.60. The molecule has 0 aliphatic carbocycles. The maximum absolute atomic E-state index is 13.8. The first kappa shape index (κ1) is 18.6. The smallest absolute Gasteiger partial charge is 0.270 e. The van der Waals surface area contributed by atoms with Gasteiger partial charge in [0.2, 0.25) is 0 Å². The van der Waals surface area contributed by atoms with Crippen molar-refractivity contribution in [1.82, 2.24) is 4.98 Å². The number of nitriles is 1. The number of aromatic nitrogens is 1. The van der Waals surface area contributed by atoms with Gasteiger partial charge in [-0.25, -0.2) is 9.37 Å². The van der Waals surface area contributed by atoms with Gasteiger partial charge in [-0.2, -0.15) is 5.26 Å². The van der Waals surface area contributed by atoms with E-state index in [9.17, 15) is 19.8 Å². The zero-order valence-electron chi connectivity index (χ0n) is 15.5. The number of nitro benzene ring substituents is 1. The number of rotatable bonds is 4. The lowest BCUT2D eigenvalue weighted by molar-refractivity contribution is -0.384. The van der Waals surface area contributed by atoms with Crippen LogP contribution in [-0.2, 0) is 0 Å². The minimum absolute atomic E-state index is 0.0661. The first-order chi connectivity index (χ1) is 14.0. The van der Waals surface area contributed by atoms with Crippen LogP contribution in [0.5, 0.6) is 0 Å². The summed E-state index contributed by atoms with van der Waals surface area (Å²) in [6, 6.07) is 14.9. The number of non-ortho nitro benzene ring substituents is 1. The summed E-state index contributed by atoms with van der Waals surface area (Å²) in [7, 11) is 0. The van der Waals surface area contributed by atoms with E-state index < -0.39 is 4.92 Å². The Morgan fingerprint density at radius 2 is 1.97 bits per heavy atom. The van der Waals surface area contributed by atoms with Gasteiger partial charge in [-0.15, -0.1) is 0 Å². The third-order valence-electron chi connectivity index (χ3n) is 5.16. The number of pyridine rings is 1. The van der Waals surface area contributed by atoms with Crippen LogP contribution < -0.4 is 10.2 Å². The molecule has 29 heavy (non-hydrogen) atoms. The zero-order valence-corrected chi connectivity index (χ0v) is 15.5. The van der Waals surface area contributed by atoms with Gasteiger partial charge in [0, 0.05) is 36.7 Å². The van der Waals surface area contributed by atoms with E-state index in [4.69, 9.17) is 0 Å². The second-order valence-corrected chi connectivity index (χ2v) is 6.98. The average Bonchev–Trinajstić information content (AvgIpc) is 2.74. The van der Waals surface area contributed by atoms with Crippen LogP contribution in [-0.4, -0.2) is 29.0 Å². The Bertz CT molecular complexity index is 1120. The van der Waals surface area contributed by atoms with Gasteiger partial charge in [-0.1, -0.05) is 12.1 Å². The van der Waals surface area contributed by atoms with E-state index >= 15 is 0 Å². The van der Waals surface area contributed by atoms with Gasteiger partial charge >= 0.3 is 0 Å². The van der Waals surface area contributed by atoms with E-state index in [1.165, 1.54) is 18.2 Å². The van der Waals surface area contributed by atoms with Crippen molar-refractivity contribution in [3.63, 3.8) is 0 Å². The second-order valence-electron chi connectivity index (χ2n) is 6.98. The third kappa shape index (κ3) is 3.80. The van der Waals surface area contributed by atoms with Gasteiger partial charge in [0.25, 0.3) is 5.69 Å². The number of halogens is 1. The lowest BCUT2D eigenvalue weighted by atomic mass is 10.0. The van der Waals surface area contributed by atoms with Crippen molar-refractivity contribution < 1.29 is 9.31 Å². The number of anilines is 2. The summed E-state index contributed by atoms with van der Waals surface area (Å²) < 4.78 is 13.8. The molecule has 0 amide bonds. The Hall–Kier alpha value is -3.73. The summed E-state index contributed by atoms with van der Waals surface area (Å²) in [5.41, 5.74) is 1.35. The number of piperidine rings is 1. The SMILES string of the molecule is N#Cc1cc(N2CCC(Nc3ccccc3F)CC2)nc2ccc([N+](=O)[O-])cc12. The molecular weight excluding hydrogens is 373 g/mol. The van der Waals surface area contributed by atoms with Crippen molar-refractivity contribution in [2.75, 3.05) is 23.3 Å². The number of nitro groups is 1. The maximum atomic E-state index is 13.8. The molecule has 1 aliphatic rings. The molecule has 3 aromatic rings. The molecular formula is C21H18FN5O2. The number of para-hydroxylation sites is 1. The summed E-state index contributed by atoms with van der Waals surface area (Å²) in [5, 5.41) is 24.2. The van der Waals surface area contributed by atoms with E-state index in [0.717, 1.165) is 12.8 Å². The van der Waals surface area contributed by atoms with Gasteiger partial charge < -0.3 is 10.2 Å². The predicted octanol–water partition coefficient (Wildman–Crippen LogP) is 4.23. The number of nitrogens with zero attached hydrogens (tertiary/aromatic N) is 4. The Morgan fingerprint density at radius 1 is 1.21 bits per heavy atom. The molecule has 2 aromatic carbocycles. The van der Waals surface area contributed by atoms with Crippen LogP contribution in [0.25, 0.3) is 10.9 Å². The largest absolute Gasteiger partial charge is 0.380 e. The molecule has 0 unspecified atom stereocenters. The molecule has 0 radical (unpaired) electrons. The predicted molar refractivity (Wildman–Crippen MR) is 108 cm³/mol.